The monoisotopic (exact) mass is 226 g/mol. The van der Waals surface area contributed by atoms with Gasteiger partial charge in [-0.2, -0.15) is 0 Å². The lowest BCUT2D eigenvalue weighted by Crippen LogP contribution is -1.93. The molecule has 2 aromatic rings. The van der Waals surface area contributed by atoms with Crippen LogP contribution in [-0.2, 0) is 6.42 Å². The van der Waals surface area contributed by atoms with E-state index in [9.17, 15) is 0 Å². The smallest absolute Gasteiger partial charge is 0.126 e. The highest BCUT2D eigenvalue weighted by molar-refractivity contribution is 5.62. The van der Waals surface area contributed by atoms with E-state index in [1.165, 1.54) is 17.5 Å². The van der Waals surface area contributed by atoms with E-state index < -0.39 is 0 Å². The summed E-state index contributed by atoms with van der Waals surface area (Å²) in [6.45, 7) is 2.20. The molecule has 2 heteroatoms. The lowest BCUT2D eigenvalue weighted by Gasteiger charge is -2.06. The molecule has 0 aliphatic rings. The summed E-state index contributed by atoms with van der Waals surface area (Å²) in [6, 6.07) is 14.7. The van der Waals surface area contributed by atoms with E-state index >= 15 is 0 Å². The van der Waals surface area contributed by atoms with Crippen LogP contribution >= 0.6 is 0 Å². The van der Waals surface area contributed by atoms with Crippen molar-refractivity contribution in [2.24, 2.45) is 0 Å². The summed E-state index contributed by atoms with van der Waals surface area (Å²) < 4.78 is 0. The zero-order chi connectivity index (χ0) is 12.1. The molecule has 0 saturated carbocycles. The van der Waals surface area contributed by atoms with Gasteiger partial charge in [-0.15, -0.1) is 0 Å². The summed E-state index contributed by atoms with van der Waals surface area (Å²) in [5.74, 6) is 0.906. The number of nitrogens with one attached hydrogen (secondary N) is 1. The van der Waals surface area contributed by atoms with Crippen LogP contribution < -0.4 is 5.32 Å². The number of anilines is 1. The Hall–Kier alpha value is -1.83. The van der Waals surface area contributed by atoms with Gasteiger partial charge in [0.05, 0.1) is 5.69 Å². The fourth-order valence-corrected chi connectivity index (χ4v) is 1.91. The molecule has 0 unspecified atom stereocenters. The second-order valence-corrected chi connectivity index (χ2v) is 4.11. The molecule has 0 aliphatic heterocycles. The number of aryl methyl sites for hydroxylation is 1. The van der Waals surface area contributed by atoms with Crippen molar-refractivity contribution >= 4 is 5.82 Å². The predicted molar refractivity (Wildman–Crippen MR) is 73.2 cm³/mol. The largest absolute Gasteiger partial charge is 0.373 e. The van der Waals surface area contributed by atoms with Gasteiger partial charge in [0, 0.05) is 12.6 Å². The number of hydrogen-bond donors (Lipinski definition) is 1. The zero-order valence-electron chi connectivity index (χ0n) is 10.4. The van der Waals surface area contributed by atoms with Crippen molar-refractivity contribution in [1.82, 2.24) is 4.98 Å². The first kappa shape index (κ1) is 11.6. The third-order valence-electron chi connectivity index (χ3n) is 2.77. The Morgan fingerprint density at radius 2 is 1.94 bits per heavy atom. The summed E-state index contributed by atoms with van der Waals surface area (Å²) in [6.07, 6.45) is 2.30. The first-order valence-electron chi connectivity index (χ1n) is 6.07. The van der Waals surface area contributed by atoms with Crippen molar-refractivity contribution < 1.29 is 0 Å². The highest BCUT2D eigenvalue weighted by Crippen LogP contribution is 2.20. The van der Waals surface area contributed by atoms with E-state index in [1.807, 2.05) is 25.2 Å². The molecule has 1 N–H and O–H groups in total. The summed E-state index contributed by atoms with van der Waals surface area (Å²) in [4.78, 5) is 4.55. The molecule has 0 spiro atoms. The molecule has 1 aromatic carbocycles. The summed E-state index contributed by atoms with van der Waals surface area (Å²) in [5.41, 5.74) is 3.59. The van der Waals surface area contributed by atoms with Gasteiger partial charge in [0.2, 0.25) is 0 Å². The Morgan fingerprint density at radius 1 is 1.12 bits per heavy atom. The minimum atomic E-state index is 0.906. The fraction of sp³-hybridized carbons (Fsp3) is 0.267. The van der Waals surface area contributed by atoms with Crippen molar-refractivity contribution in [3.05, 3.63) is 48.0 Å². The standard InChI is InChI=1S/C15H18N2/c1-3-6-12-7-4-8-13(11-12)14-9-5-10-15(16-2)17-14/h4-5,7-11H,3,6H2,1-2H3,(H,16,17). The van der Waals surface area contributed by atoms with Gasteiger partial charge in [0.15, 0.2) is 0 Å². The van der Waals surface area contributed by atoms with Crippen LogP contribution in [0.5, 0.6) is 0 Å². The van der Waals surface area contributed by atoms with Crippen molar-refractivity contribution in [1.29, 1.82) is 0 Å². The third kappa shape index (κ3) is 2.84. The van der Waals surface area contributed by atoms with Crippen LogP contribution in [0.15, 0.2) is 42.5 Å². The number of rotatable bonds is 4. The zero-order valence-corrected chi connectivity index (χ0v) is 10.4. The summed E-state index contributed by atoms with van der Waals surface area (Å²) in [7, 11) is 1.89. The average Bonchev–Trinajstić information content (AvgIpc) is 2.40. The lowest BCUT2D eigenvalue weighted by atomic mass is 10.0. The molecule has 0 amide bonds. The van der Waals surface area contributed by atoms with Crippen LogP contribution in [-0.4, -0.2) is 12.0 Å². The van der Waals surface area contributed by atoms with Gasteiger partial charge in [0.1, 0.15) is 5.82 Å². The highest BCUT2D eigenvalue weighted by Gasteiger charge is 2.01. The normalized spacial score (nSPS) is 10.2. The Balaban J connectivity index is 2.34. The molecule has 2 nitrogen and oxygen atoms in total. The van der Waals surface area contributed by atoms with E-state index in [0.717, 1.165) is 17.9 Å². The van der Waals surface area contributed by atoms with Crippen LogP contribution in [0.2, 0.25) is 0 Å². The van der Waals surface area contributed by atoms with E-state index in [1.54, 1.807) is 0 Å². The van der Waals surface area contributed by atoms with Crippen LogP contribution in [0.4, 0.5) is 5.82 Å². The van der Waals surface area contributed by atoms with Crippen molar-refractivity contribution in [2.75, 3.05) is 12.4 Å². The molecule has 0 fully saturated rings. The maximum absolute atomic E-state index is 4.55. The second kappa shape index (κ2) is 5.48. The van der Waals surface area contributed by atoms with Crippen LogP contribution in [0.3, 0.4) is 0 Å². The molecule has 1 aromatic heterocycles. The number of aromatic nitrogens is 1. The van der Waals surface area contributed by atoms with Gasteiger partial charge < -0.3 is 5.32 Å². The molecule has 0 atom stereocenters. The van der Waals surface area contributed by atoms with Crippen LogP contribution in [0.1, 0.15) is 18.9 Å². The minimum Gasteiger partial charge on any atom is -0.373 e. The van der Waals surface area contributed by atoms with Gasteiger partial charge in [-0.05, 0) is 30.2 Å². The maximum Gasteiger partial charge on any atom is 0.126 e. The van der Waals surface area contributed by atoms with Gasteiger partial charge in [-0.3, -0.25) is 0 Å². The third-order valence-corrected chi connectivity index (χ3v) is 2.77. The molecule has 2 rings (SSSR count). The number of pyridine rings is 1. The summed E-state index contributed by atoms with van der Waals surface area (Å²) in [5, 5.41) is 3.07. The Kier molecular flexibility index (Phi) is 3.76. The fourth-order valence-electron chi connectivity index (χ4n) is 1.91. The second-order valence-electron chi connectivity index (χ2n) is 4.11. The van der Waals surface area contributed by atoms with Crippen LogP contribution in [0, 0.1) is 0 Å². The molecule has 0 radical (unpaired) electrons. The average molecular weight is 226 g/mol. The first-order chi connectivity index (χ1) is 8.33. The maximum atomic E-state index is 4.55. The van der Waals surface area contributed by atoms with Crippen molar-refractivity contribution in [3.63, 3.8) is 0 Å². The molecule has 0 aliphatic carbocycles. The van der Waals surface area contributed by atoms with Gasteiger partial charge in [0.25, 0.3) is 0 Å². The minimum absolute atomic E-state index is 0.906. The topological polar surface area (TPSA) is 24.9 Å². The SMILES string of the molecule is CCCc1cccc(-c2cccc(NC)n2)c1. The Labute approximate surface area is 103 Å². The molecule has 1 heterocycles. The molecule has 88 valence electrons. The predicted octanol–water partition coefficient (Wildman–Crippen LogP) is 3.74. The van der Waals surface area contributed by atoms with Gasteiger partial charge >= 0.3 is 0 Å². The van der Waals surface area contributed by atoms with Crippen molar-refractivity contribution in [3.8, 4) is 11.3 Å². The van der Waals surface area contributed by atoms with E-state index in [4.69, 9.17) is 0 Å². The molecule has 0 bridgehead atoms. The van der Waals surface area contributed by atoms with Gasteiger partial charge in [-0.1, -0.05) is 37.6 Å². The number of nitrogens with zero attached hydrogens (tertiary/aromatic N) is 1. The molecule has 17 heavy (non-hydrogen) atoms. The lowest BCUT2D eigenvalue weighted by molar-refractivity contribution is 0.922. The van der Waals surface area contributed by atoms with E-state index in [0.29, 0.717) is 0 Å². The highest BCUT2D eigenvalue weighted by atomic mass is 15.0. The van der Waals surface area contributed by atoms with Gasteiger partial charge in [-0.25, -0.2) is 4.98 Å². The molecular weight excluding hydrogens is 208 g/mol. The van der Waals surface area contributed by atoms with E-state index in [-0.39, 0.29) is 0 Å². The quantitative estimate of drug-likeness (QED) is 0.859. The molecular formula is C15H18N2. The number of hydrogen-bond acceptors (Lipinski definition) is 2. The Bertz CT molecular complexity index is 492. The van der Waals surface area contributed by atoms with Crippen molar-refractivity contribution in [2.45, 2.75) is 19.8 Å². The number of benzene rings is 1. The first-order valence-corrected chi connectivity index (χ1v) is 6.07. The molecule has 0 saturated heterocycles. The summed E-state index contributed by atoms with van der Waals surface area (Å²) >= 11 is 0. The Morgan fingerprint density at radius 3 is 2.71 bits per heavy atom. The van der Waals surface area contributed by atoms with E-state index in [2.05, 4.69) is 41.5 Å². The van der Waals surface area contributed by atoms with Crippen LogP contribution in [0.25, 0.3) is 11.3 Å².